The zero-order valence-corrected chi connectivity index (χ0v) is 17.5. The molecule has 0 aliphatic heterocycles. The molecular weight excluding hydrogens is 483 g/mol. The molecule has 0 fully saturated rings. The molecule has 5 aromatic rings. The van der Waals surface area contributed by atoms with Crippen molar-refractivity contribution in [1.29, 1.82) is 0 Å². The molecule has 2 N–H and O–H groups in total. The first-order valence-electron chi connectivity index (χ1n) is 8.82. The fraction of sp³-hybridized carbons (Fsp3) is 0.105. The Labute approximate surface area is 178 Å². The molecule has 0 aliphatic carbocycles. The van der Waals surface area contributed by atoms with Gasteiger partial charge in [0, 0.05) is 6.20 Å². The second-order valence-corrected chi connectivity index (χ2v) is 7.61. The van der Waals surface area contributed by atoms with Crippen LogP contribution in [0.4, 0.5) is 5.82 Å². The highest BCUT2D eigenvalue weighted by Crippen LogP contribution is 2.23. The van der Waals surface area contributed by atoms with Gasteiger partial charge in [-0.05, 0) is 53.3 Å². The Morgan fingerprint density at radius 2 is 1.90 bits per heavy atom. The Hall–Kier alpha value is -3.28. The summed E-state index contributed by atoms with van der Waals surface area (Å²) < 4.78 is 5.63. The summed E-state index contributed by atoms with van der Waals surface area (Å²) in [7, 11) is 0. The van der Waals surface area contributed by atoms with Crippen LogP contribution in [0.2, 0.25) is 0 Å². The molecule has 4 aromatic heterocycles. The number of aryl methyl sites for hydroxylation is 1. The summed E-state index contributed by atoms with van der Waals surface area (Å²) in [5.74, 6) is 0.901. The molecule has 0 atom stereocenters. The first-order chi connectivity index (χ1) is 14.0. The van der Waals surface area contributed by atoms with Crippen LogP contribution in [0.5, 0.6) is 0 Å². The van der Waals surface area contributed by atoms with E-state index in [1.807, 2.05) is 43.3 Å². The second kappa shape index (κ2) is 6.65. The highest BCUT2D eigenvalue weighted by Gasteiger charge is 2.19. The van der Waals surface area contributed by atoms with Gasteiger partial charge in [-0.1, -0.05) is 18.2 Å². The van der Waals surface area contributed by atoms with Gasteiger partial charge in [-0.2, -0.15) is 10.2 Å². The van der Waals surface area contributed by atoms with E-state index in [2.05, 4.69) is 37.7 Å². The molecule has 0 bridgehead atoms. The largest absolute Gasteiger partial charge is 0.383 e. The number of anilines is 1. The third-order valence-electron chi connectivity index (χ3n) is 4.78. The fourth-order valence-electron chi connectivity index (χ4n) is 3.44. The van der Waals surface area contributed by atoms with Gasteiger partial charge in [-0.3, -0.25) is 9.36 Å². The smallest absolute Gasteiger partial charge is 0.282 e. The number of fused-ring (bicyclic) bond motifs is 2. The molecule has 0 saturated heterocycles. The van der Waals surface area contributed by atoms with E-state index in [0.717, 1.165) is 11.3 Å². The summed E-state index contributed by atoms with van der Waals surface area (Å²) in [6, 6.07) is 11.3. The van der Waals surface area contributed by atoms with Crippen molar-refractivity contribution < 1.29 is 0 Å². The summed E-state index contributed by atoms with van der Waals surface area (Å²) in [5.41, 5.74) is 8.62. The van der Waals surface area contributed by atoms with Crippen molar-refractivity contribution >= 4 is 45.0 Å². The standard InChI is InChI=1S/C19H15IN8O/c1-11-7-8-26-15(11)19(29)28(12-5-3-2-4-6-12)13(24-26)9-27-18-14(16(20)25-27)17(21)22-10-23-18/h2-8,10H,9H2,1H3,(H2,21,22,23). The van der Waals surface area contributed by atoms with Crippen LogP contribution in [0.15, 0.2) is 53.7 Å². The van der Waals surface area contributed by atoms with Gasteiger partial charge in [0.15, 0.2) is 11.5 Å². The average molecular weight is 498 g/mol. The number of hydrogen-bond donors (Lipinski definition) is 1. The van der Waals surface area contributed by atoms with Gasteiger partial charge in [-0.25, -0.2) is 19.2 Å². The Morgan fingerprint density at radius 3 is 2.69 bits per heavy atom. The van der Waals surface area contributed by atoms with E-state index in [1.165, 1.54) is 6.33 Å². The maximum atomic E-state index is 13.4. The van der Waals surface area contributed by atoms with Crippen molar-refractivity contribution in [2.24, 2.45) is 0 Å². The van der Waals surface area contributed by atoms with E-state index in [4.69, 9.17) is 10.8 Å². The second-order valence-electron chi connectivity index (χ2n) is 6.59. The lowest BCUT2D eigenvalue weighted by Crippen LogP contribution is -2.28. The minimum Gasteiger partial charge on any atom is -0.383 e. The van der Waals surface area contributed by atoms with E-state index in [9.17, 15) is 4.79 Å². The molecule has 0 radical (unpaired) electrons. The summed E-state index contributed by atoms with van der Waals surface area (Å²) in [6.45, 7) is 2.14. The number of aromatic nitrogens is 7. The summed E-state index contributed by atoms with van der Waals surface area (Å²) in [6.07, 6.45) is 3.19. The number of para-hydroxylation sites is 1. The molecule has 0 unspecified atom stereocenters. The van der Waals surface area contributed by atoms with Crippen molar-refractivity contribution in [3.63, 3.8) is 0 Å². The van der Waals surface area contributed by atoms with Crippen LogP contribution in [-0.2, 0) is 6.54 Å². The molecule has 0 saturated carbocycles. The van der Waals surface area contributed by atoms with Crippen molar-refractivity contribution in [3.05, 3.63) is 74.4 Å². The van der Waals surface area contributed by atoms with Gasteiger partial charge in [0.2, 0.25) is 0 Å². The lowest BCUT2D eigenvalue weighted by molar-refractivity contribution is 0.618. The number of hydrogen-bond acceptors (Lipinski definition) is 6. The van der Waals surface area contributed by atoms with Crippen LogP contribution in [0.1, 0.15) is 11.4 Å². The predicted molar refractivity (Wildman–Crippen MR) is 117 cm³/mol. The average Bonchev–Trinajstić information content (AvgIpc) is 3.24. The highest BCUT2D eigenvalue weighted by molar-refractivity contribution is 14.1. The summed E-state index contributed by atoms with van der Waals surface area (Å²) in [4.78, 5) is 21.7. The van der Waals surface area contributed by atoms with Crippen LogP contribution in [0.3, 0.4) is 0 Å². The normalized spacial score (nSPS) is 11.5. The summed E-state index contributed by atoms with van der Waals surface area (Å²) in [5, 5.41) is 9.95. The molecule has 4 heterocycles. The van der Waals surface area contributed by atoms with Crippen LogP contribution >= 0.6 is 22.6 Å². The number of nitrogen functional groups attached to an aromatic ring is 1. The van der Waals surface area contributed by atoms with Crippen molar-refractivity contribution in [3.8, 4) is 5.69 Å². The molecule has 144 valence electrons. The zero-order chi connectivity index (χ0) is 20.1. The minimum absolute atomic E-state index is 0.135. The molecule has 0 spiro atoms. The van der Waals surface area contributed by atoms with Gasteiger partial charge >= 0.3 is 0 Å². The molecule has 9 nitrogen and oxygen atoms in total. The maximum absolute atomic E-state index is 13.4. The van der Waals surface area contributed by atoms with E-state index < -0.39 is 0 Å². The molecule has 5 rings (SSSR count). The summed E-state index contributed by atoms with van der Waals surface area (Å²) >= 11 is 2.11. The lowest BCUT2D eigenvalue weighted by Gasteiger charge is -2.13. The van der Waals surface area contributed by atoms with E-state index in [-0.39, 0.29) is 12.1 Å². The lowest BCUT2D eigenvalue weighted by atomic mass is 10.3. The monoisotopic (exact) mass is 498 g/mol. The van der Waals surface area contributed by atoms with Crippen molar-refractivity contribution in [1.82, 2.24) is 33.9 Å². The molecular formula is C19H15IN8O. The number of benzene rings is 1. The Kier molecular flexibility index (Phi) is 4.08. The van der Waals surface area contributed by atoms with Crippen LogP contribution in [0, 0.1) is 10.6 Å². The fourth-order valence-corrected chi connectivity index (χ4v) is 4.21. The topological polar surface area (TPSA) is 109 Å². The third kappa shape index (κ3) is 2.78. The minimum atomic E-state index is -0.135. The quantitative estimate of drug-likeness (QED) is 0.382. The molecule has 0 aliphatic rings. The molecule has 29 heavy (non-hydrogen) atoms. The van der Waals surface area contributed by atoms with E-state index in [1.54, 1.807) is 20.0 Å². The van der Waals surface area contributed by atoms with Crippen LogP contribution < -0.4 is 11.3 Å². The van der Waals surface area contributed by atoms with E-state index >= 15 is 0 Å². The number of rotatable bonds is 3. The Morgan fingerprint density at radius 1 is 1.10 bits per heavy atom. The Balaban J connectivity index is 1.78. The molecule has 10 heteroatoms. The van der Waals surface area contributed by atoms with Crippen molar-refractivity contribution in [2.45, 2.75) is 13.5 Å². The van der Waals surface area contributed by atoms with E-state index in [0.29, 0.717) is 31.9 Å². The first kappa shape index (κ1) is 17.8. The van der Waals surface area contributed by atoms with Gasteiger partial charge in [0.25, 0.3) is 5.56 Å². The van der Waals surface area contributed by atoms with Gasteiger partial charge in [0.05, 0.1) is 11.1 Å². The van der Waals surface area contributed by atoms with Gasteiger partial charge in [-0.15, -0.1) is 0 Å². The number of halogens is 1. The van der Waals surface area contributed by atoms with Crippen LogP contribution in [-0.4, -0.2) is 33.9 Å². The third-order valence-corrected chi connectivity index (χ3v) is 5.53. The number of nitrogens with two attached hydrogens (primary N) is 1. The number of nitrogens with zero attached hydrogens (tertiary/aromatic N) is 7. The first-order valence-corrected chi connectivity index (χ1v) is 9.90. The van der Waals surface area contributed by atoms with Crippen molar-refractivity contribution in [2.75, 3.05) is 5.73 Å². The molecule has 1 aromatic carbocycles. The predicted octanol–water partition coefficient (Wildman–Crippen LogP) is 2.17. The van der Waals surface area contributed by atoms with Gasteiger partial charge < -0.3 is 5.73 Å². The SMILES string of the molecule is Cc1ccn2nc(Cn3nc(I)c4c(N)ncnc43)n(-c3ccccc3)c(=O)c12. The van der Waals surface area contributed by atoms with Crippen LogP contribution in [0.25, 0.3) is 22.2 Å². The van der Waals surface area contributed by atoms with Gasteiger partial charge in [0.1, 0.15) is 27.9 Å². The highest BCUT2D eigenvalue weighted by atomic mass is 127. The zero-order valence-electron chi connectivity index (χ0n) is 15.3. The maximum Gasteiger partial charge on any atom is 0.282 e. The Bertz CT molecular complexity index is 1430. The molecule has 0 amide bonds.